The van der Waals surface area contributed by atoms with Crippen molar-refractivity contribution < 1.29 is 14.1 Å². The van der Waals surface area contributed by atoms with E-state index < -0.39 is 10.2 Å². The topological polar surface area (TPSA) is 101 Å². The fourth-order valence-electron chi connectivity index (χ4n) is 2.30. The van der Waals surface area contributed by atoms with Crippen molar-refractivity contribution in [2.24, 2.45) is 0 Å². The molecular formula is C18H15FN4O3S. The minimum Gasteiger partial charge on any atom is -0.333 e. The minimum atomic E-state index is -0.520. The first-order valence-corrected chi connectivity index (χ1v) is 8.83. The molecule has 0 bridgehead atoms. The molecule has 0 aliphatic heterocycles. The lowest BCUT2D eigenvalue weighted by molar-refractivity contribution is -0.384. The Labute approximate surface area is 158 Å². The van der Waals surface area contributed by atoms with Crippen LogP contribution in [0.5, 0.6) is 0 Å². The third-order valence-electron chi connectivity index (χ3n) is 3.69. The smallest absolute Gasteiger partial charge is 0.271 e. The quantitative estimate of drug-likeness (QED) is 0.375. The fourth-order valence-corrected chi connectivity index (χ4v) is 3.08. The zero-order chi connectivity index (χ0) is 19.4. The summed E-state index contributed by atoms with van der Waals surface area (Å²) in [5, 5.41) is 13.5. The number of halogens is 1. The Morgan fingerprint density at radius 2 is 2.04 bits per heavy atom. The maximum Gasteiger partial charge on any atom is 0.271 e. The van der Waals surface area contributed by atoms with Crippen LogP contribution in [0.25, 0.3) is 11.3 Å². The standard InChI is InChI=1S/C18H15FN4O3S/c1-11(17(24)21-14-3-2-4-15(9-14)23(25)26)27-18-20-10-16(22-18)12-5-7-13(19)8-6-12/h2-11H,1H3,(H,20,22)(H,21,24). The highest BCUT2D eigenvalue weighted by atomic mass is 32.2. The van der Waals surface area contributed by atoms with Crippen molar-refractivity contribution >= 4 is 29.0 Å². The number of nitrogens with zero attached hydrogens (tertiary/aromatic N) is 2. The van der Waals surface area contributed by atoms with E-state index in [4.69, 9.17) is 0 Å². The van der Waals surface area contributed by atoms with Gasteiger partial charge in [-0.25, -0.2) is 9.37 Å². The number of rotatable bonds is 6. The number of imidazole rings is 1. The summed E-state index contributed by atoms with van der Waals surface area (Å²) in [4.78, 5) is 29.9. The highest BCUT2D eigenvalue weighted by molar-refractivity contribution is 8.00. The van der Waals surface area contributed by atoms with Gasteiger partial charge in [0.05, 0.1) is 22.1 Å². The highest BCUT2D eigenvalue weighted by Gasteiger charge is 2.17. The highest BCUT2D eigenvalue weighted by Crippen LogP contribution is 2.26. The Morgan fingerprint density at radius 3 is 2.74 bits per heavy atom. The average Bonchev–Trinajstić information content (AvgIpc) is 3.11. The van der Waals surface area contributed by atoms with E-state index in [1.165, 1.54) is 42.1 Å². The van der Waals surface area contributed by atoms with Crippen LogP contribution in [0.3, 0.4) is 0 Å². The van der Waals surface area contributed by atoms with Gasteiger partial charge in [-0.1, -0.05) is 17.8 Å². The van der Waals surface area contributed by atoms with Gasteiger partial charge in [-0.05, 0) is 42.8 Å². The Bertz CT molecular complexity index is 975. The van der Waals surface area contributed by atoms with Gasteiger partial charge in [-0.3, -0.25) is 14.9 Å². The van der Waals surface area contributed by atoms with Gasteiger partial charge >= 0.3 is 0 Å². The van der Waals surface area contributed by atoms with Gasteiger partial charge in [-0.15, -0.1) is 0 Å². The minimum absolute atomic E-state index is 0.0944. The number of nitro groups is 1. The Hall–Kier alpha value is -3.20. The van der Waals surface area contributed by atoms with Crippen molar-refractivity contribution in [3.63, 3.8) is 0 Å². The molecule has 1 heterocycles. The first kappa shape index (κ1) is 18.6. The molecule has 3 aromatic rings. The molecule has 0 saturated heterocycles. The molecule has 2 N–H and O–H groups in total. The zero-order valence-corrected chi connectivity index (χ0v) is 15.0. The Balaban J connectivity index is 1.64. The molecule has 0 aliphatic carbocycles. The largest absolute Gasteiger partial charge is 0.333 e. The van der Waals surface area contributed by atoms with E-state index in [1.54, 1.807) is 31.3 Å². The molecule has 0 aliphatic rings. The number of carbonyl (C=O) groups excluding carboxylic acids is 1. The number of nitro benzene ring substituents is 1. The normalized spacial score (nSPS) is 11.8. The predicted molar refractivity (Wildman–Crippen MR) is 101 cm³/mol. The molecule has 2 aromatic carbocycles. The summed E-state index contributed by atoms with van der Waals surface area (Å²) < 4.78 is 13.0. The number of aromatic amines is 1. The number of H-pyrrole nitrogens is 1. The van der Waals surface area contributed by atoms with Crippen LogP contribution < -0.4 is 5.32 Å². The molecular weight excluding hydrogens is 371 g/mol. The number of hydrogen-bond acceptors (Lipinski definition) is 5. The van der Waals surface area contributed by atoms with Gasteiger partial charge in [0.15, 0.2) is 5.16 Å². The van der Waals surface area contributed by atoms with Crippen molar-refractivity contribution in [2.45, 2.75) is 17.3 Å². The van der Waals surface area contributed by atoms with E-state index in [-0.39, 0.29) is 17.4 Å². The SMILES string of the molecule is CC(Sc1ncc(-c2ccc(F)cc2)[nH]1)C(=O)Nc1cccc([N+](=O)[O-])c1. The molecule has 9 heteroatoms. The second kappa shape index (κ2) is 8.00. The van der Waals surface area contributed by atoms with Crippen molar-refractivity contribution in [3.8, 4) is 11.3 Å². The number of non-ortho nitro benzene ring substituents is 1. The van der Waals surface area contributed by atoms with Gasteiger partial charge in [0.1, 0.15) is 5.82 Å². The summed E-state index contributed by atoms with van der Waals surface area (Å²) in [7, 11) is 0. The van der Waals surface area contributed by atoms with E-state index in [0.29, 0.717) is 16.5 Å². The van der Waals surface area contributed by atoms with Gasteiger partial charge in [0, 0.05) is 17.8 Å². The van der Waals surface area contributed by atoms with Crippen LogP contribution in [0, 0.1) is 15.9 Å². The fraction of sp³-hybridized carbons (Fsp3) is 0.111. The molecule has 1 atom stereocenters. The van der Waals surface area contributed by atoms with Crippen LogP contribution in [0.15, 0.2) is 59.9 Å². The molecule has 0 saturated carbocycles. The van der Waals surface area contributed by atoms with Crippen LogP contribution in [-0.2, 0) is 4.79 Å². The van der Waals surface area contributed by atoms with E-state index >= 15 is 0 Å². The lowest BCUT2D eigenvalue weighted by Gasteiger charge is -2.10. The summed E-state index contributed by atoms with van der Waals surface area (Å²) in [5.41, 5.74) is 1.75. The van der Waals surface area contributed by atoms with E-state index in [1.807, 2.05) is 0 Å². The lowest BCUT2D eigenvalue weighted by atomic mass is 10.2. The number of hydrogen-bond donors (Lipinski definition) is 2. The van der Waals surface area contributed by atoms with Gasteiger partial charge in [0.25, 0.3) is 5.69 Å². The monoisotopic (exact) mass is 386 g/mol. The van der Waals surface area contributed by atoms with Gasteiger partial charge < -0.3 is 10.3 Å². The van der Waals surface area contributed by atoms with Crippen molar-refractivity contribution in [3.05, 3.63) is 70.7 Å². The van der Waals surface area contributed by atoms with Crippen LogP contribution in [-0.4, -0.2) is 26.0 Å². The van der Waals surface area contributed by atoms with Crippen molar-refractivity contribution in [1.82, 2.24) is 9.97 Å². The van der Waals surface area contributed by atoms with Gasteiger partial charge in [-0.2, -0.15) is 0 Å². The zero-order valence-electron chi connectivity index (χ0n) is 14.2. The molecule has 1 unspecified atom stereocenters. The van der Waals surface area contributed by atoms with Crippen LogP contribution in [0.2, 0.25) is 0 Å². The first-order chi connectivity index (χ1) is 12.9. The molecule has 1 amide bonds. The first-order valence-electron chi connectivity index (χ1n) is 7.95. The molecule has 3 rings (SSSR count). The van der Waals surface area contributed by atoms with E-state index in [9.17, 15) is 19.3 Å². The number of benzene rings is 2. The van der Waals surface area contributed by atoms with Crippen molar-refractivity contribution in [2.75, 3.05) is 5.32 Å². The molecule has 0 radical (unpaired) electrons. The van der Waals surface area contributed by atoms with Gasteiger partial charge in [0.2, 0.25) is 5.91 Å². The molecule has 0 fully saturated rings. The van der Waals surface area contributed by atoms with Crippen molar-refractivity contribution in [1.29, 1.82) is 0 Å². The van der Waals surface area contributed by atoms with E-state index in [0.717, 1.165) is 5.56 Å². The maximum atomic E-state index is 13.0. The van der Waals surface area contributed by atoms with Crippen LogP contribution in [0.1, 0.15) is 6.92 Å². The molecule has 0 spiro atoms. The summed E-state index contributed by atoms with van der Waals surface area (Å²) in [6.07, 6.45) is 1.61. The average molecular weight is 386 g/mol. The molecule has 7 nitrogen and oxygen atoms in total. The summed E-state index contributed by atoms with van der Waals surface area (Å²) in [5.74, 6) is -0.625. The molecule has 1 aromatic heterocycles. The number of nitrogens with one attached hydrogen (secondary N) is 2. The second-order valence-corrected chi connectivity index (χ2v) is 7.00. The third-order valence-corrected chi connectivity index (χ3v) is 4.69. The Morgan fingerprint density at radius 1 is 1.30 bits per heavy atom. The number of anilines is 1. The van der Waals surface area contributed by atoms with E-state index in [2.05, 4.69) is 15.3 Å². The van der Waals surface area contributed by atoms with Crippen LogP contribution >= 0.6 is 11.8 Å². The lowest BCUT2D eigenvalue weighted by Crippen LogP contribution is -2.22. The molecule has 27 heavy (non-hydrogen) atoms. The summed E-state index contributed by atoms with van der Waals surface area (Å²) in [6.45, 7) is 1.71. The Kier molecular flexibility index (Phi) is 5.51. The number of aromatic nitrogens is 2. The maximum absolute atomic E-state index is 13.0. The second-order valence-electron chi connectivity index (χ2n) is 5.67. The summed E-state index contributed by atoms with van der Waals surface area (Å²) in [6, 6.07) is 11.7. The summed E-state index contributed by atoms with van der Waals surface area (Å²) >= 11 is 1.21. The van der Waals surface area contributed by atoms with Crippen LogP contribution in [0.4, 0.5) is 15.8 Å². The predicted octanol–water partition coefficient (Wildman–Crippen LogP) is 4.24. The number of amides is 1. The number of carbonyl (C=O) groups is 1. The number of thioether (sulfide) groups is 1. The molecule has 138 valence electrons. The third kappa shape index (κ3) is 4.70.